The second kappa shape index (κ2) is 12.7. The Kier molecular flexibility index (Phi) is 8.59. The fraction of sp³-hybridized carbons (Fsp3) is 0.303. The lowest BCUT2D eigenvalue weighted by molar-refractivity contribution is -0.137. The van der Waals surface area contributed by atoms with E-state index in [4.69, 9.17) is 0 Å². The van der Waals surface area contributed by atoms with Gasteiger partial charge in [-0.3, -0.25) is 4.79 Å². The Morgan fingerprint density at radius 1 is 0.756 bits per heavy atom. The van der Waals surface area contributed by atoms with E-state index in [2.05, 4.69) is 15.3 Å². The van der Waals surface area contributed by atoms with Crippen LogP contribution in [-0.2, 0) is 14.8 Å². The van der Waals surface area contributed by atoms with Gasteiger partial charge in [0.15, 0.2) is 0 Å². The van der Waals surface area contributed by atoms with Crippen LogP contribution in [0.3, 0.4) is 0 Å². The van der Waals surface area contributed by atoms with Crippen molar-refractivity contribution in [2.45, 2.75) is 24.8 Å². The predicted octanol–water partition coefficient (Wildman–Crippen LogP) is 3.74. The first-order chi connectivity index (χ1) is 21.7. The van der Waals surface area contributed by atoms with Crippen LogP contribution in [0.15, 0.2) is 96.0 Å². The molecular weight excluding hydrogens is 590 g/mol. The lowest BCUT2D eigenvalue weighted by Crippen LogP contribution is -2.63. The zero-order chi connectivity index (χ0) is 31.6. The van der Waals surface area contributed by atoms with Crippen molar-refractivity contribution in [1.29, 1.82) is 0 Å². The number of piperazine rings is 2. The average molecular weight is 628 g/mol. The van der Waals surface area contributed by atoms with E-state index in [9.17, 15) is 18.0 Å². The highest BCUT2D eigenvalue weighted by molar-refractivity contribution is 7.89. The van der Waals surface area contributed by atoms with Crippen LogP contribution < -0.4 is 10.2 Å². The molecule has 0 radical (unpaired) electrons. The van der Waals surface area contributed by atoms with Crippen LogP contribution in [0.1, 0.15) is 11.3 Å². The zero-order valence-electron chi connectivity index (χ0n) is 25.4. The van der Waals surface area contributed by atoms with Gasteiger partial charge < -0.3 is 20.0 Å². The van der Waals surface area contributed by atoms with E-state index >= 15 is 0 Å². The number of nitrogens with one attached hydrogen (secondary N) is 1. The summed E-state index contributed by atoms with van der Waals surface area (Å²) in [6.45, 7) is 5.84. The summed E-state index contributed by atoms with van der Waals surface area (Å²) in [7, 11) is -4.15. The number of carbonyl (C=O) groups is 2. The van der Waals surface area contributed by atoms with Gasteiger partial charge in [0, 0.05) is 57.2 Å². The Morgan fingerprint density at radius 3 is 2.00 bits per heavy atom. The van der Waals surface area contributed by atoms with Gasteiger partial charge in [0.25, 0.3) is 0 Å². The number of urea groups is 1. The van der Waals surface area contributed by atoms with Gasteiger partial charge in [-0.15, -0.1) is 0 Å². The molecule has 45 heavy (non-hydrogen) atoms. The molecule has 2 saturated heterocycles. The first-order valence-corrected chi connectivity index (χ1v) is 16.5. The van der Waals surface area contributed by atoms with Crippen molar-refractivity contribution in [2.75, 3.05) is 56.0 Å². The van der Waals surface area contributed by atoms with Crippen LogP contribution >= 0.6 is 0 Å². The summed E-state index contributed by atoms with van der Waals surface area (Å²) in [5.74, 6) is -0.313. The molecule has 11 nitrogen and oxygen atoms in total. The minimum absolute atomic E-state index is 0.0278. The van der Waals surface area contributed by atoms with E-state index < -0.39 is 16.1 Å². The molecular formula is C33H37N7O4S. The molecule has 1 atom stereocenters. The third kappa shape index (κ3) is 6.29. The number of benzene rings is 3. The molecule has 1 N–H and O–H groups in total. The monoisotopic (exact) mass is 627 g/mol. The summed E-state index contributed by atoms with van der Waals surface area (Å²) in [6, 6.07) is 25.3. The summed E-state index contributed by atoms with van der Waals surface area (Å²) in [4.78, 5) is 33.0. The van der Waals surface area contributed by atoms with Gasteiger partial charge in [-0.25, -0.2) is 17.9 Å². The molecule has 1 unspecified atom stereocenters. The van der Waals surface area contributed by atoms with Crippen molar-refractivity contribution in [3.05, 3.63) is 102 Å². The van der Waals surface area contributed by atoms with E-state index in [-0.39, 0.29) is 36.5 Å². The second-order valence-corrected chi connectivity index (χ2v) is 13.2. The molecule has 6 rings (SSSR count). The molecule has 3 heterocycles. The van der Waals surface area contributed by atoms with Gasteiger partial charge in [0.2, 0.25) is 15.9 Å². The molecule has 3 amide bonds. The fourth-order valence-electron chi connectivity index (χ4n) is 5.92. The third-order valence-electron chi connectivity index (χ3n) is 8.47. The van der Waals surface area contributed by atoms with Crippen molar-refractivity contribution in [3.63, 3.8) is 0 Å². The Morgan fingerprint density at radius 2 is 1.36 bits per heavy atom. The first-order valence-electron chi connectivity index (χ1n) is 15.1. The van der Waals surface area contributed by atoms with Crippen LogP contribution in [0.5, 0.6) is 0 Å². The van der Waals surface area contributed by atoms with Crippen molar-refractivity contribution < 1.29 is 18.0 Å². The third-order valence-corrected chi connectivity index (χ3v) is 10.5. The molecule has 2 aliphatic heterocycles. The summed E-state index contributed by atoms with van der Waals surface area (Å²) >= 11 is 0. The largest absolute Gasteiger partial charge is 0.368 e. The quantitative estimate of drug-likeness (QED) is 0.349. The minimum atomic E-state index is -4.15. The number of aryl methyl sites for hydroxylation is 1. The molecule has 3 aromatic carbocycles. The molecule has 0 saturated carbocycles. The highest BCUT2D eigenvalue weighted by Crippen LogP contribution is 2.27. The van der Waals surface area contributed by atoms with Crippen LogP contribution in [0.2, 0.25) is 0 Å². The van der Waals surface area contributed by atoms with E-state index in [0.717, 1.165) is 16.9 Å². The van der Waals surface area contributed by atoms with Crippen LogP contribution in [-0.4, -0.2) is 96.1 Å². The molecule has 2 fully saturated rings. The molecule has 0 bridgehead atoms. The predicted molar refractivity (Wildman–Crippen MR) is 173 cm³/mol. The zero-order valence-corrected chi connectivity index (χ0v) is 26.2. The molecule has 2 aliphatic rings. The first kappa shape index (κ1) is 30.4. The van der Waals surface area contributed by atoms with Crippen molar-refractivity contribution >= 4 is 33.3 Å². The van der Waals surface area contributed by atoms with Gasteiger partial charge in [-0.2, -0.15) is 9.40 Å². The standard InChI is InChI=1S/C33H37N7O4S/c1-25-13-15-27(16-14-25)35-33(42)38-21-22-39(45(43,44)31-23-34-40(26(31)2)29-11-7-4-8-12-29)30(24-38)32(41)37-19-17-36(18-20-37)28-9-5-3-6-10-28/h3-16,23,30H,17-22,24H2,1-2H3,(H,35,42). The molecule has 234 valence electrons. The highest BCUT2D eigenvalue weighted by atomic mass is 32.2. The van der Waals surface area contributed by atoms with Crippen LogP contribution in [0.25, 0.3) is 5.69 Å². The summed E-state index contributed by atoms with van der Waals surface area (Å²) in [6.07, 6.45) is 1.34. The summed E-state index contributed by atoms with van der Waals surface area (Å²) < 4.78 is 31.4. The van der Waals surface area contributed by atoms with Crippen molar-refractivity contribution in [1.82, 2.24) is 23.9 Å². The van der Waals surface area contributed by atoms with Gasteiger partial charge in [0.05, 0.1) is 17.6 Å². The molecule has 0 aliphatic carbocycles. The number of nitrogens with zero attached hydrogens (tertiary/aromatic N) is 6. The second-order valence-electron chi connectivity index (χ2n) is 11.4. The van der Waals surface area contributed by atoms with E-state index in [1.165, 1.54) is 15.4 Å². The van der Waals surface area contributed by atoms with Crippen LogP contribution in [0.4, 0.5) is 16.2 Å². The molecule has 0 spiro atoms. The number of rotatable bonds is 6. The Balaban J connectivity index is 1.26. The van der Waals surface area contributed by atoms with Gasteiger partial charge in [-0.1, -0.05) is 54.1 Å². The van der Waals surface area contributed by atoms with E-state index in [1.807, 2.05) is 91.9 Å². The maximum absolute atomic E-state index is 14.3. The Labute approximate surface area is 263 Å². The van der Waals surface area contributed by atoms with Gasteiger partial charge >= 0.3 is 6.03 Å². The number of anilines is 2. The van der Waals surface area contributed by atoms with Crippen molar-refractivity contribution in [2.24, 2.45) is 0 Å². The normalized spacial score (nSPS) is 17.7. The van der Waals surface area contributed by atoms with Crippen LogP contribution in [0, 0.1) is 13.8 Å². The number of para-hydroxylation sites is 2. The number of amides is 3. The topological polar surface area (TPSA) is 111 Å². The average Bonchev–Trinajstić information content (AvgIpc) is 3.48. The number of sulfonamides is 1. The minimum Gasteiger partial charge on any atom is -0.368 e. The smallest absolute Gasteiger partial charge is 0.321 e. The maximum Gasteiger partial charge on any atom is 0.321 e. The van der Waals surface area contributed by atoms with Gasteiger partial charge in [-0.05, 0) is 50.2 Å². The SMILES string of the molecule is Cc1ccc(NC(=O)N2CCN(S(=O)(=O)c3cnn(-c4ccccc4)c3C)C(C(=O)N3CCN(c4ccccc4)CC3)C2)cc1. The molecule has 12 heteroatoms. The Hall–Kier alpha value is -4.68. The fourth-order valence-corrected chi connectivity index (χ4v) is 7.62. The lowest BCUT2D eigenvalue weighted by atomic mass is 10.1. The molecule has 4 aromatic rings. The number of aromatic nitrogens is 2. The van der Waals surface area contributed by atoms with Crippen molar-refractivity contribution in [3.8, 4) is 5.69 Å². The summed E-state index contributed by atoms with van der Waals surface area (Å²) in [5.41, 5.74) is 3.96. The Bertz CT molecular complexity index is 1750. The molecule has 1 aromatic heterocycles. The summed E-state index contributed by atoms with van der Waals surface area (Å²) in [5, 5.41) is 7.27. The highest BCUT2D eigenvalue weighted by Gasteiger charge is 2.44. The van der Waals surface area contributed by atoms with E-state index in [0.29, 0.717) is 37.6 Å². The number of carbonyl (C=O) groups excluding carboxylic acids is 2. The van der Waals surface area contributed by atoms with Gasteiger partial charge in [0.1, 0.15) is 10.9 Å². The number of hydrogen-bond acceptors (Lipinski definition) is 6. The van der Waals surface area contributed by atoms with E-state index in [1.54, 1.807) is 16.5 Å². The maximum atomic E-state index is 14.3. The lowest BCUT2D eigenvalue weighted by Gasteiger charge is -2.43. The number of hydrogen-bond donors (Lipinski definition) is 1.